The molecule has 204 valence electrons. The number of rotatable bonds is 9. The third-order valence-corrected chi connectivity index (χ3v) is 6.50. The average molecular weight is 541 g/mol. The van der Waals surface area contributed by atoms with Crippen molar-refractivity contribution in [2.45, 2.75) is 6.61 Å². The minimum atomic E-state index is -0.415. The summed E-state index contributed by atoms with van der Waals surface area (Å²) >= 11 is 0. The van der Waals surface area contributed by atoms with Crippen molar-refractivity contribution >= 4 is 11.0 Å². The Balaban J connectivity index is 1.74. The number of methoxy groups -OCH3 is 4. The van der Waals surface area contributed by atoms with Gasteiger partial charge in [0.25, 0.3) is 0 Å². The highest BCUT2D eigenvalue weighted by molar-refractivity contribution is 5.93. The fourth-order valence-electron chi connectivity index (χ4n) is 4.53. The summed E-state index contributed by atoms with van der Waals surface area (Å²) in [6.45, 7) is 0.277. The smallest absolute Gasteiger partial charge is 0.204 e. The number of aromatic hydroxyl groups is 1. The van der Waals surface area contributed by atoms with Crippen molar-refractivity contribution in [3.05, 3.63) is 94.6 Å². The molecule has 0 spiro atoms. The van der Waals surface area contributed by atoms with Crippen LogP contribution in [0.3, 0.4) is 0 Å². The Labute approximate surface area is 230 Å². The second-order valence-corrected chi connectivity index (χ2v) is 8.87. The van der Waals surface area contributed by atoms with Gasteiger partial charge in [-0.25, -0.2) is 0 Å². The van der Waals surface area contributed by atoms with Gasteiger partial charge in [0.05, 0.1) is 34.0 Å². The summed E-state index contributed by atoms with van der Waals surface area (Å²) in [7, 11) is 6.10. The van der Waals surface area contributed by atoms with E-state index in [-0.39, 0.29) is 34.6 Å². The lowest BCUT2D eigenvalue weighted by atomic mass is 9.97. The number of phenolic OH excluding ortho intramolecular Hbond substituents is 1. The minimum Gasteiger partial charge on any atom is -0.507 e. The number of fused-ring (bicyclic) bond motifs is 1. The zero-order valence-corrected chi connectivity index (χ0v) is 22.5. The average Bonchev–Trinajstić information content (AvgIpc) is 2.99. The van der Waals surface area contributed by atoms with Crippen LogP contribution in [0, 0.1) is 0 Å². The fraction of sp³-hybridized carbons (Fsp3) is 0.156. The number of hydrogen-bond donors (Lipinski definition) is 1. The summed E-state index contributed by atoms with van der Waals surface area (Å²) in [4.78, 5) is 14.0. The van der Waals surface area contributed by atoms with Gasteiger partial charge in [0.15, 0.2) is 11.5 Å². The van der Waals surface area contributed by atoms with Gasteiger partial charge in [-0.15, -0.1) is 0 Å². The summed E-state index contributed by atoms with van der Waals surface area (Å²) in [6, 6.07) is 23.1. The van der Waals surface area contributed by atoms with Crippen LogP contribution in [0.4, 0.5) is 0 Å². The first-order valence-corrected chi connectivity index (χ1v) is 12.4. The first kappa shape index (κ1) is 26.5. The van der Waals surface area contributed by atoms with Crippen molar-refractivity contribution in [1.29, 1.82) is 0 Å². The molecule has 8 nitrogen and oxygen atoms in total. The van der Waals surface area contributed by atoms with E-state index in [2.05, 4.69) is 0 Å². The van der Waals surface area contributed by atoms with Gasteiger partial charge in [0, 0.05) is 17.7 Å². The Kier molecular flexibility index (Phi) is 7.50. The van der Waals surface area contributed by atoms with Crippen molar-refractivity contribution in [3.8, 4) is 56.9 Å². The van der Waals surface area contributed by atoms with Crippen LogP contribution < -0.4 is 29.1 Å². The second-order valence-electron chi connectivity index (χ2n) is 8.87. The van der Waals surface area contributed by atoms with Gasteiger partial charge in [-0.3, -0.25) is 4.79 Å². The topological polar surface area (TPSA) is 96.6 Å². The Morgan fingerprint density at radius 3 is 2.00 bits per heavy atom. The SMILES string of the molecule is COc1ccc(-c2c(-c3cc(OC)c(OC)c(OC)c3)oc3cc(OCc4ccccc4)cc(O)c3c2=O)cc1. The summed E-state index contributed by atoms with van der Waals surface area (Å²) in [5, 5.41) is 11.0. The first-order chi connectivity index (χ1) is 19.5. The largest absolute Gasteiger partial charge is 0.507 e. The van der Waals surface area contributed by atoms with E-state index in [1.54, 1.807) is 49.6 Å². The summed E-state index contributed by atoms with van der Waals surface area (Å²) < 4.78 is 34.2. The molecule has 0 atom stereocenters. The van der Waals surface area contributed by atoms with E-state index in [0.717, 1.165) is 5.56 Å². The van der Waals surface area contributed by atoms with Gasteiger partial charge in [-0.1, -0.05) is 42.5 Å². The maximum Gasteiger partial charge on any atom is 0.204 e. The van der Waals surface area contributed by atoms with E-state index in [4.69, 9.17) is 28.1 Å². The summed E-state index contributed by atoms with van der Waals surface area (Å²) in [5.41, 5.74) is 2.03. The predicted octanol–water partition coefficient (Wildman–Crippen LogP) is 6.45. The van der Waals surface area contributed by atoms with Crippen LogP contribution >= 0.6 is 0 Å². The molecule has 0 aliphatic carbocycles. The lowest BCUT2D eigenvalue weighted by molar-refractivity contribution is 0.304. The fourth-order valence-corrected chi connectivity index (χ4v) is 4.53. The molecule has 0 aliphatic rings. The minimum absolute atomic E-state index is 0.0362. The molecule has 4 aromatic carbocycles. The summed E-state index contributed by atoms with van der Waals surface area (Å²) in [6.07, 6.45) is 0. The standard InChI is InChI=1S/C32H28O8/c1-35-22-12-10-20(11-13-22)28-30(34)29-24(33)16-23(39-18-19-8-6-5-7-9-19)17-25(29)40-31(28)21-14-26(36-2)32(38-4)27(15-21)37-3/h5-17,33H,18H2,1-4H3. The molecule has 40 heavy (non-hydrogen) atoms. The predicted molar refractivity (Wildman–Crippen MR) is 152 cm³/mol. The molecule has 5 aromatic rings. The van der Waals surface area contributed by atoms with Crippen LogP contribution in [0.25, 0.3) is 33.4 Å². The molecule has 0 radical (unpaired) electrons. The lowest BCUT2D eigenvalue weighted by Crippen LogP contribution is -2.08. The van der Waals surface area contributed by atoms with Crippen molar-refractivity contribution in [2.24, 2.45) is 0 Å². The highest BCUT2D eigenvalue weighted by atomic mass is 16.5. The molecule has 0 amide bonds. The Bertz CT molecular complexity index is 1680. The molecule has 0 saturated carbocycles. The molecular formula is C32H28O8. The molecule has 0 fully saturated rings. The molecule has 0 aliphatic heterocycles. The van der Waals surface area contributed by atoms with Crippen molar-refractivity contribution < 1.29 is 33.2 Å². The van der Waals surface area contributed by atoms with Crippen molar-refractivity contribution in [1.82, 2.24) is 0 Å². The van der Waals surface area contributed by atoms with Gasteiger partial charge in [-0.05, 0) is 35.4 Å². The van der Waals surface area contributed by atoms with E-state index in [9.17, 15) is 9.90 Å². The Hall–Kier alpha value is -5.11. The maximum absolute atomic E-state index is 14.0. The van der Waals surface area contributed by atoms with E-state index in [1.165, 1.54) is 27.4 Å². The van der Waals surface area contributed by atoms with Gasteiger partial charge in [-0.2, -0.15) is 0 Å². The molecule has 0 saturated heterocycles. The molecule has 1 aromatic heterocycles. The molecule has 1 N–H and O–H groups in total. The highest BCUT2D eigenvalue weighted by Crippen LogP contribution is 2.44. The van der Waals surface area contributed by atoms with Crippen molar-refractivity contribution in [3.63, 3.8) is 0 Å². The lowest BCUT2D eigenvalue weighted by Gasteiger charge is -2.16. The zero-order valence-electron chi connectivity index (χ0n) is 22.5. The monoisotopic (exact) mass is 540 g/mol. The number of phenols is 1. The van der Waals surface area contributed by atoms with E-state index in [0.29, 0.717) is 39.9 Å². The third-order valence-electron chi connectivity index (χ3n) is 6.50. The zero-order chi connectivity index (χ0) is 28.2. The molecule has 0 bridgehead atoms. The normalized spacial score (nSPS) is 10.8. The quantitative estimate of drug-likeness (QED) is 0.228. The van der Waals surface area contributed by atoms with Crippen LogP contribution in [0.2, 0.25) is 0 Å². The third kappa shape index (κ3) is 4.99. The summed E-state index contributed by atoms with van der Waals surface area (Å²) in [5.74, 6) is 2.17. The number of ether oxygens (including phenoxy) is 5. The molecule has 8 heteroatoms. The van der Waals surface area contributed by atoms with E-state index < -0.39 is 5.43 Å². The van der Waals surface area contributed by atoms with Gasteiger partial charge in [0.1, 0.15) is 40.6 Å². The number of hydrogen-bond acceptors (Lipinski definition) is 8. The molecule has 0 unspecified atom stereocenters. The van der Waals surface area contributed by atoms with Crippen molar-refractivity contribution in [2.75, 3.05) is 28.4 Å². The number of benzene rings is 4. The first-order valence-electron chi connectivity index (χ1n) is 12.4. The Morgan fingerprint density at radius 1 is 0.725 bits per heavy atom. The molecule has 1 heterocycles. The highest BCUT2D eigenvalue weighted by Gasteiger charge is 2.24. The van der Waals surface area contributed by atoms with Gasteiger partial charge >= 0.3 is 0 Å². The Morgan fingerprint density at radius 2 is 1.40 bits per heavy atom. The van der Waals surface area contributed by atoms with Crippen LogP contribution in [0.1, 0.15) is 5.56 Å². The van der Waals surface area contributed by atoms with Crippen LogP contribution in [-0.4, -0.2) is 33.5 Å². The van der Waals surface area contributed by atoms with E-state index >= 15 is 0 Å². The van der Waals surface area contributed by atoms with Crippen LogP contribution in [0.15, 0.2) is 88.1 Å². The molecule has 5 rings (SSSR count). The van der Waals surface area contributed by atoms with E-state index in [1.807, 2.05) is 30.3 Å². The van der Waals surface area contributed by atoms with Crippen LogP contribution in [-0.2, 0) is 6.61 Å². The van der Waals surface area contributed by atoms with Crippen LogP contribution in [0.5, 0.6) is 34.5 Å². The molecular weight excluding hydrogens is 512 g/mol. The van der Waals surface area contributed by atoms with Gasteiger partial charge < -0.3 is 33.2 Å². The second kappa shape index (κ2) is 11.3. The maximum atomic E-state index is 14.0. The van der Waals surface area contributed by atoms with Gasteiger partial charge in [0.2, 0.25) is 11.2 Å².